The standard InChI is InChI=1S/C19H25NO7/c1-19(2,3)27-18(24)20-15(17(23)25-4)10-14(21)11-16(22)26-12-13-8-6-5-7-9-13/h5-9,15H,10-12H2,1-4H3,(H,20,24)/t15-/m1/s1. The molecule has 0 spiro atoms. The Hall–Kier alpha value is -2.90. The second-order valence-electron chi connectivity index (χ2n) is 6.79. The van der Waals surface area contributed by atoms with Crippen LogP contribution in [0.15, 0.2) is 30.3 Å². The number of hydrogen-bond donors (Lipinski definition) is 1. The van der Waals surface area contributed by atoms with Gasteiger partial charge in [-0.25, -0.2) is 9.59 Å². The van der Waals surface area contributed by atoms with Crippen molar-refractivity contribution in [2.75, 3.05) is 7.11 Å². The number of esters is 2. The lowest BCUT2D eigenvalue weighted by Crippen LogP contribution is -2.45. The largest absolute Gasteiger partial charge is 0.467 e. The van der Waals surface area contributed by atoms with E-state index in [0.717, 1.165) is 12.7 Å². The van der Waals surface area contributed by atoms with Crippen LogP contribution in [0, 0.1) is 0 Å². The predicted octanol–water partition coefficient (Wildman–Crippen LogP) is 2.15. The topological polar surface area (TPSA) is 108 Å². The Morgan fingerprint density at radius 1 is 1.07 bits per heavy atom. The molecule has 1 atom stereocenters. The van der Waals surface area contributed by atoms with Crippen molar-refractivity contribution in [1.82, 2.24) is 5.32 Å². The van der Waals surface area contributed by atoms with Crippen LogP contribution >= 0.6 is 0 Å². The lowest BCUT2D eigenvalue weighted by molar-refractivity contribution is -0.149. The van der Waals surface area contributed by atoms with Gasteiger partial charge >= 0.3 is 18.0 Å². The number of ether oxygens (including phenoxy) is 3. The maximum absolute atomic E-state index is 12.1. The van der Waals surface area contributed by atoms with Crippen LogP contribution in [0.4, 0.5) is 4.79 Å². The quantitative estimate of drug-likeness (QED) is 0.419. The molecule has 1 aromatic carbocycles. The maximum Gasteiger partial charge on any atom is 0.408 e. The van der Waals surface area contributed by atoms with Gasteiger partial charge in [-0.05, 0) is 26.3 Å². The van der Waals surface area contributed by atoms with E-state index in [-0.39, 0.29) is 6.61 Å². The number of carbonyl (C=O) groups excluding carboxylic acids is 4. The molecule has 0 aliphatic carbocycles. The molecular weight excluding hydrogens is 354 g/mol. The molecule has 0 saturated carbocycles. The Labute approximate surface area is 158 Å². The summed E-state index contributed by atoms with van der Waals surface area (Å²) in [6, 6.07) is 7.76. The summed E-state index contributed by atoms with van der Waals surface area (Å²) in [4.78, 5) is 47.4. The van der Waals surface area contributed by atoms with Gasteiger partial charge in [0.05, 0.1) is 7.11 Å². The first-order valence-electron chi connectivity index (χ1n) is 8.39. The minimum absolute atomic E-state index is 0.0452. The van der Waals surface area contributed by atoms with Crippen LogP contribution in [0.1, 0.15) is 39.2 Å². The molecule has 8 heteroatoms. The second-order valence-corrected chi connectivity index (χ2v) is 6.79. The maximum atomic E-state index is 12.1. The molecule has 0 bridgehead atoms. The number of hydrogen-bond acceptors (Lipinski definition) is 7. The number of Topliss-reactive ketones (excluding diaryl/α,β-unsaturated/α-hetero) is 1. The Bertz CT molecular complexity index is 664. The zero-order valence-electron chi connectivity index (χ0n) is 15.9. The Morgan fingerprint density at radius 3 is 2.26 bits per heavy atom. The molecule has 27 heavy (non-hydrogen) atoms. The molecular formula is C19H25NO7. The zero-order chi connectivity index (χ0) is 20.4. The van der Waals surface area contributed by atoms with E-state index in [1.165, 1.54) is 0 Å². The van der Waals surface area contributed by atoms with Crippen LogP contribution in [0.3, 0.4) is 0 Å². The van der Waals surface area contributed by atoms with Crippen LogP contribution in [0.25, 0.3) is 0 Å². The van der Waals surface area contributed by atoms with Crippen LogP contribution in [-0.2, 0) is 35.2 Å². The summed E-state index contributed by atoms with van der Waals surface area (Å²) in [6.07, 6.45) is -1.79. The van der Waals surface area contributed by atoms with Gasteiger partial charge in [-0.3, -0.25) is 9.59 Å². The molecule has 1 rings (SSSR count). The molecule has 0 radical (unpaired) electrons. The fraction of sp³-hybridized carbons (Fsp3) is 0.474. The molecule has 0 fully saturated rings. The highest BCUT2D eigenvalue weighted by atomic mass is 16.6. The van der Waals surface area contributed by atoms with E-state index in [9.17, 15) is 19.2 Å². The zero-order valence-corrected chi connectivity index (χ0v) is 15.9. The Morgan fingerprint density at radius 2 is 1.70 bits per heavy atom. The van der Waals surface area contributed by atoms with E-state index in [1.807, 2.05) is 6.07 Å². The molecule has 8 nitrogen and oxygen atoms in total. The Balaban J connectivity index is 2.53. The number of carbonyl (C=O) groups is 4. The fourth-order valence-electron chi connectivity index (χ4n) is 2.04. The smallest absolute Gasteiger partial charge is 0.408 e. The molecule has 148 valence electrons. The van der Waals surface area contributed by atoms with E-state index < -0.39 is 48.3 Å². The summed E-state index contributed by atoms with van der Waals surface area (Å²) in [5.74, 6) is -2.10. The van der Waals surface area contributed by atoms with Gasteiger partial charge in [0.25, 0.3) is 0 Å². The average molecular weight is 379 g/mol. The van der Waals surface area contributed by atoms with E-state index in [2.05, 4.69) is 10.1 Å². The number of alkyl carbamates (subject to hydrolysis) is 1. The highest BCUT2D eigenvalue weighted by molar-refractivity contribution is 5.98. The third-order valence-corrected chi connectivity index (χ3v) is 3.19. The molecule has 1 aromatic rings. The van der Waals surface area contributed by atoms with E-state index in [0.29, 0.717) is 0 Å². The average Bonchev–Trinajstić information content (AvgIpc) is 2.57. The van der Waals surface area contributed by atoms with Gasteiger partial charge in [0.1, 0.15) is 30.5 Å². The summed E-state index contributed by atoms with van der Waals surface area (Å²) >= 11 is 0. The van der Waals surface area contributed by atoms with Crippen LogP contribution in [0.5, 0.6) is 0 Å². The van der Waals surface area contributed by atoms with Gasteiger partial charge in [-0.15, -0.1) is 0 Å². The van der Waals surface area contributed by atoms with Gasteiger partial charge in [0.15, 0.2) is 0 Å². The highest BCUT2D eigenvalue weighted by Gasteiger charge is 2.28. The minimum atomic E-state index is -1.25. The first kappa shape index (κ1) is 22.1. The number of benzene rings is 1. The van der Waals surface area contributed by atoms with Crippen molar-refractivity contribution in [3.63, 3.8) is 0 Å². The first-order valence-corrected chi connectivity index (χ1v) is 8.39. The van der Waals surface area contributed by atoms with E-state index in [4.69, 9.17) is 9.47 Å². The van der Waals surface area contributed by atoms with Crippen molar-refractivity contribution in [3.8, 4) is 0 Å². The van der Waals surface area contributed by atoms with Crippen molar-refractivity contribution in [1.29, 1.82) is 0 Å². The summed E-state index contributed by atoms with van der Waals surface area (Å²) in [5, 5.41) is 2.28. The van der Waals surface area contributed by atoms with E-state index in [1.54, 1.807) is 45.0 Å². The van der Waals surface area contributed by atoms with Crippen molar-refractivity contribution < 1.29 is 33.4 Å². The van der Waals surface area contributed by atoms with Crippen molar-refractivity contribution >= 4 is 23.8 Å². The molecule has 1 N–H and O–H groups in total. The third-order valence-electron chi connectivity index (χ3n) is 3.19. The van der Waals surface area contributed by atoms with Crippen LogP contribution in [-0.4, -0.2) is 42.6 Å². The molecule has 1 amide bonds. The van der Waals surface area contributed by atoms with Gasteiger partial charge in [-0.1, -0.05) is 30.3 Å². The number of amides is 1. The van der Waals surface area contributed by atoms with Gasteiger partial charge in [0, 0.05) is 6.42 Å². The molecule has 0 saturated heterocycles. The molecule has 0 heterocycles. The van der Waals surface area contributed by atoms with Crippen molar-refractivity contribution in [2.45, 2.75) is 51.9 Å². The Kier molecular flexibility index (Phi) is 8.44. The SMILES string of the molecule is COC(=O)[C@@H](CC(=O)CC(=O)OCc1ccccc1)NC(=O)OC(C)(C)C. The number of nitrogens with one attached hydrogen (secondary N) is 1. The number of ketones is 1. The third kappa shape index (κ3) is 9.39. The van der Waals surface area contributed by atoms with Crippen LogP contribution in [0.2, 0.25) is 0 Å². The lowest BCUT2D eigenvalue weighted by atomic mass is 10.1. The summed E-state index contributed by atoms with van der Waals surface area (Å²) in [5.41, 5.74) is 0.0213. The van der Waals surface area contributed by atoms with E-state index >= 15 is 0 Å². The summed E-state index contributed by atoms with van der Waals surface area (Å²) < 4.78 is 14.7. The van der Waals surface area contributed by atoms with Crippen molar-refractivity contribution in [2.24, 2.45) is 0 Å². The molecule has 0 aliphatic rings. The number of methoxy groups -OCH3 is 1. The lowest BCUT2D eigenvalue weighted by Gasteiger charge is -2.22. The van der Waals surface area contributed by atoms with Crippen molar-refractivity contribution in [3.05, 3.63) is 35.9 Å². The summed E-state index contributed by atoms with van der Waals surface area (Å²) in [7, 11) is 1.13. The van der Waals surface area contributed by atoms with Gasteiger partial charge in [-0.2, -0.15) is 0 Å². The highest BCUT2D eigenvalue weighted by Crippen LogP contribution is 2.09. The van der Waals surface area contributed by atoms with Gasteiger partial charge in [0.2, 0.25) is 0 Å². The normalized spacial score (nSPS) is 11.9. The summed E-state index contributed by atoms with van der Waals surface area (Å²) in [6.45, 7) is 5.03. The first-order chi connectivity index (χ1) is 12.6. The fourth-order valence-corrected chi connectivity index (χ4v) is 2.04. The predicted molar refractivity (Wildman–Crippen MR) is 95.7 cm³/mol. The number of rotatable bonds is 8. The minimum Gasteiger partial charge on any atom is -0.467 e. The molecule has 0 unspecified atom stereocenters. The molecule has 0 aromatic heterocycles. The molecule has 0 aliphatic heterocycles. The second kappa shape index (κ2) is 10.3. The van der Waals surface area contributed by atoms with Crippen LogP contribution < -0.4 is 5.32 Å². The van der Waals surface area contributed by atoms with Gasteiger partial charge < -0.3 is 19.5 Å². The monoisotopic (exact) mass is 379 g/mol.